The van der Waals surface area contributed by atoms with Crippen molar-refractivity contribution in [2.24, 2.45) is 7.05 Å². The number of aromatic carboxylic acids is 1. The van der Waals surface area contributed by atoms with Crippen molar-refractivity contribution in [1.29, 1.82) is 0 Å². The number of carboxylic acid groups (broad SMARTS) is 1. The van der Waals surface area contributed by atoms with Crippen molar-refractivity contribution in [1.82, 2.24) is 9.47 Å². The summed E-state index contributed by atoms with van der Waals surface area (Å²) in [5, 5.41) is 10.3. The molecule has 0 saturated carbocycles. The molecular formula is C17H22N2O2. The zero-order valence-electron chi connectivity index (χ0n) is 12.5. The number of nitrogens with zero attached hydrogens (tertiary/aromatic N) is 2. The van der Waals surface area contributed by atoms with Gasteiger partial charge in [-0.3, -0.25) is 4.90 Å². The molecule has 1 aromatic heterocycles. The molecule has 1 N–H and O–H groups in total. The standard InChI is InChI=1S/C17H22N2O2/c1-18-11-14(12-19-8-4-2-3-5-9-19)15-10-13(17(20)21)6-7-16(15)18/h6-7,10-11H,2-5,8-9,12H2,1H3,(H,20,21). The van der Waals surface area contributed by atoms with Crippen molar-refractivity contribution in [3.05, 3.63) is 35.5 Å². The number of fused-ring (bicyclic) bond motifs is 1. The average Bonchev–Trinajstić information content (AvgIpc) is 2.66. The van der Waals surface area contributed by atoms with Gasteiger partial charge in [0, 0.05) is 30.7 Å². The third-order valence-electron chi connectivity index (χ3n) is 4.41. The normalized spacial score (nSPS) is 17.0. The first-order valence-corrected chi connectivity index (χ1v) is 7.69. The Morgan fingerprint density at radius 3 is 2.57 bits per heavy atom. The van der Waals surface area contributed by atoms with Gasteiger partial charge in [0.05, 0.1) is 5.56 Å². The minimum absolute atomic E-state index is 0.366. The van der Waals surface area contributed by atoms with Gasteiger partial charge >= 0.3 is 5.97 Å². The van der Waals surface area contributed by atoms with Crippen LogP contribution in [0.15, 0.2) is 24.4 Å². The van der Waals surface area contributed by atoms with E-state index in [0.717, 1.165) is 30.5 Å². The summed E-state index contributed by atoms with van der Waals surface area (Å²) in [6.45, 7) is 3.21. The quantitative estimate of drug-likeness (QED) is 0.942. The summed E-state index contributed by atoms with van der Waals surface area (Å²) < 4.78 is 2.09. The van der Waals surface area contributed by atoms with Crippen molar-refractivity contribution in [3.8, 4) is 0 Å². The third-order valence-corrected chi connectivity index (χ3v) is 4.41. The van der Waals surface area contributed by atoms with Gasteiger partial charge in [0.1, 0.15) is 0 Å². The number of aromatic nitrogens is 1. The van der Waals surface area contributed by atoms with Crippen LogP contribution in [0.1, 0.15) is 41.6 Å². The molecule has 0 atom stereocenters. The van der Waals surface area contributed by atoms with E-state index in [9.17, 15) is 9.90 Å². The molecule has 1 fully saturated rings. The Morgan fingerprint density at radius 1 is 1.19 bits per heavy atom. The summed E-state index contributed by atoms with van der Waals surface area (Å²) >= 11 is 0. The first kappa shape index (κ1) is 14.1. The minimum atomic E-state index is -0.860. The van der Waals surface area contributed by atoms with E-state index in [1.165, 1.54) is 31.2 Å². The fraction of sp³-hybridized carbons (Fsp3) is 0.471. The fourth-order valence-corrected chi connectivity index (χ4v) is 3.27. The number of hydrogen-bond acceptors (Lipinski definition) is 2. The molecule has 112 valence electrons. The second kappa shape index (κ2) is 5.90. The molecule has 1 aromatic carbocycles. The molecule has 4 nitrogen and oxygen atoms in total. The lowest BCUT2D eigenvalue weighted by Crippen LogP contribution is -2.23. The van der Waals surface area contributed by atoms with Gasteiger partial charge in [0.15, 0.2) is 0 Å². The van der Waals surface area contributed by atoms with Gasteiger partial charge < -0.3 is 9.67 Å². The van der Waals surface area contributed by atoms with Crippen LogP contribution in [0, 0.1) is 0 Å². The first-order chi connectivity index (χ1) is 10.1. The minimum Gasteiger partial charge on any atom is -0.478 e. The highest BCUT2D eigenvalue weighted by Gasteiger charge is 2.14. The number of benzene rings is 1. The second-order valence-corrected chi connectivity index (χ2v) is 5.99. The molecule has 0 radical (unpaired) electrons. The van der Waals surface area contributed by atoms with Crippen LogP contribution in [0.3, 0.4) is 0 Å². The van der Waals surface area contributed by atoms with Gasteiger partial charge in [0.25, 0.3) is 0 Å². The first-order valence-electron chi connectivity index (χ1n) is 7.69. The lowest BCUT2D eigenvalue weighted by molar-refractivity contribution is 0.0697. The highest BCUT2D eigenvalue weighted by atomic mass is 16.4. The molecule has 0 amide bonds. The Hall–Kier alpha value is -1.81. The molecule has 21 heavy (non-hydrogen) atoms. The maximum absolute atomic E-state index is 11.2. The maximum Gasteiger partial charge on any atom is 0.335 e. The highest BCUT2D eigenvalue weighted by molar-refractivity contribution is 5.94. The number of carboxylic acids is 1. The summed E-state index contributed by atoms with van der Waals surface area (Å²) in [4.78, 5) is 13.7. The lowest BCUT2D eigenvalue weighted by Gasteiger charge is -2.19. The Labute approximate surface area is 125 Å². The van der Waals surface area contributed by atoms with Crippen LogP contribution in [0.5, 0.6) is 0 Å². The summed E-state index contributed by atoms with van der Waals surface area (Å²) in [7, 11) is 2.02. The number of likely N-dealkylation sites (tertiary alicyclic amines) is 1. The van der Waals surface area contributed by atoms with Crippen LogP contribution < -0.4 is 0 Å². The predicted molar refractivity (Wildman–Crippen MR) is 83.6 cm³/mol. The van der Waals surface area contributed by atoms with Crippen LogP contribution >= 0.6 is 0 Å². The van der Waals surface area contributed by atoms with Gasteiger partial charge in [-0.05, 0) is 49.7 Å². The Morgan fingerprint density at radius 2 is 1.90 bits per heavy atom. The Kier molecular flexibility index (Phi) is 3.97. The summed E-state index contributed by atoms with van der Waals surface area (Å²) in [5.41, 5.74) is 2.70. The molecule has 2 aromatic rings. The molecule has 0 spiro atoms. The topological polar surface area (TPSA) is 45.5 Å². The van der Waals surface area contributed by atoms with Gasteiger partial charge in [-0.25, -0.2) is 4.79 Å². The van der Waals surface area contributed by atoms with Crippen molar-refractivity contribution in [2.45, 2.75) is 32.2 Å². The summed E-state index contributed by atoms with van der Waals surface area (Å²) in [6, 6.07) is 5.40. The van der Waals surface area contributed by atoms with Gasteiger partial charge in [0.2, 0.25) is 0 Å². The van der Waals surface area contributed by atoms with Crippen molar-refractivity contribution < 1.29 is 9.90 Å². The molecule has 4 heteroatoms. The van der Waals surface area contributed by atoms with Crippen LogP contribution in [0.25, 0.3) is 10.9 Å². The van der Waals surface area contributed by atoms with Gasteiger partial charge in [-0.1, -0.05) is 12.8 Å². The number of aryl methyl sites for hydroxylation is 1. The molecule has 0 unspecified atom stereocenters. The average molecular weight is 286 g/mol. The molecule has 1 saturated heterocycles. The monoisotopic (exact) mass is 286 g/mol. The van der Waals surface area contributed by atoms with Gasteiger partial charge in [-0.15, -0.1) is 0 Å². The lowest BCUT2D eigenvalue weighted by atomic mass is 10.1. The zero-order chi connectivity index (χ0) is 14.8. The molecule has 3 rings (SSSR count). The predicted octanol–water partition coefficient (Wildman–Crippen LogP) is 3.25. The van der Waals surface area contributed by atoms with Crippen molar-refractivity contribution in [2.75, 3.05) is 13.1 Å². The fourth-order valence-electron chi connectivity index (χ4n) is 3.27. The van der Waals surface area contributed by atoms with E-state index in [0.29, 0.717) is 5.56 Å². The zero-order valence-corrected chi connectivity index (χ0v) is 12.5. The summed E-state index contributed by atoms with van der Waals surface area (Å²) in [5.74, 6) is -0.860. The molecular weight excluding hydrogens is 264 g/mol. The van der Waals surface area contributed by atoms with E-state index in [-0.39, 0.29) is 0 Å². The smallest absolute Gasteiger partial charge is 0.335 e. The van der Waals surface area contributed by atoms with Crippen molar-refractivity contribution >= 4 is 16.9 Å². The van der Waals surface area contributed by atoms with E-state index in [4.69, 9.17) is 0 Å². The molecule has 2 heterocycles. The Balaban J connectivity index is 1.93. The van der Waals surface area contributed by atoms with Crippen LogP contribution in [0.2, 0.25) is 0 Å². The van der Waals surface area contributed by atoms with E-state index in [1.807, 2.05) is 19.2 Å². The SMILES string of the molecule is Cn1cc(CN2CCCCCC2)c2cc(C(=O)O)ccc21. The van der Waals surface area contributed by atoms with E-state index < -0.39 is 5.97 Å². The summed E-state index contributed by atoms with van der Waals surface area (Å²) in [6.07, 6.45) is 7.34. The van der Waals surface area contributed by atoms with Crippen molar-refractivity contribution in [3.63, 3.8) is 0 Å². The molecule has 0 aliphatic carbocycles. The van der Waals surface area contributed by atoms with Gasteiger partial charge in [-0.2, -0.15) is 0 Å². The van der Waals surface area contributed by atoms with Crippen LogP contribution in [-0.4, -0.2) is 33.6 Å². The number of rotatable bonds is 3. The number of hydrogen-bond donors (Lipinski definition) is 1. The largest absolute Gasteiger partial charge is 0.478 e. The maximum atomic E-state index is 11.2. The molecule has 0 bridgehead atoms. The van der Waals surface area contributed by atoms with E-state index >= 15 is 0 Å². The Bertz CT molecular complexity index is 652. The van der Waals surface area contributed by atoms with E-state index in [2.05, 4.69) is 15.7 Å². The second-order valence-electron chi connectivity index (χ2n) is 5.99. The molecule has 1 aliphatic rings. The molecule has 1 aliphatic heterocycles. The van der Waals surface area contributed by atoms with E-state index in [1.54, 1.807) is 6.07 Å². The number of carbonyl (C=O) groups is 1. The highest BCUT2D eigenvalue weighted by Crippen LogP contribution is 2.24. The van der Waals surface area contributed by atoms with Crippen LogP contribution in [-0.2, 0) is 13.6 Å². The van der Waals surface area contributed by atoms with Crippen LogP contribution in [0.4, 0.5) is 0 Å². The third kappa shape index (κ3) is 2.95.